The number of hydroxylamine groups is 2. The molecule has 1 aromatic carbocycles. The van der Waals surface area contributed by atoms with Crippen molar-refractivity contribution in [2.45, 2.75) is 51.6 Å². The van der Waals surface area contributed by atoms with E-state index in [-0.39, 0.29) is 10.8 Å². The van der Waals surface area contributed by atoms with Gasteiger partial charge in [-0.15, -0.1) is 4.65 Å². The second-order valence-electron chi connectivity index (χ2n) is 6.65. The highest BCUT2D eigenvalue weighted by Crippen LogP contribution is 2.39. The number of methoxy groups -OCH3 is 1. The Morgan fingerprint density at radius 3 is 2.71 bits per heavy atom. The quantitative estimate of drug-likeness (QED) is 0.749. The van der Waals surface area contributed by atoms with E-state index in [0.717, 1.165) is 48.6 Å². The minimum Gasteiger partial charge on any atom is -0.493 e. The second-order valence-corrected chi connectivity index (χ2v) is 6.65. The molecule has 0 bridgehead atoms. The molecule has 1 aliphatic carbocycles. The lowest BCUT2D eigenvalue weighted by Crippen LogP contribution is -2.46. The van der Waals surface area contributed by atoms with E-state index in [0.29, 0.717) is 6.54 Å². The van der Waals surface area contributed by atoms with E-state index in [9.17, 15) is 5.21 Å². The fraction of sp³-hybridized carbons (Fsp3) is 0.500. The summed E-state index contributed by atoms with van der Waals surface area (Å²) in [7, 11) is 1.66. The fourth-order valence-corrected chi connectivity index (χ4v) is 3.60. The third kappa shape index (κ3) is 3.35. The van der Waals surface area contributed by atoms with Crippen LogP contribution in [-0.4, -0.2) is 25.0 Å². The van der Waals surface area contributed by atoms with Gasteiger partial charge in [0.1, 0.15) is 12.2 Å². The lowest BCUT2D eigenvalue weighted by molar-refractivity contribution is -0.0398. The van der Waals surface area contributed by atoms with Gasteiger partial charge in [-0.2, -0.15) is 0 Å². The van der Waals surface area contributed by atoms with Crippen LogP contribution < -0.4 is 14.1 Å². The molecule has 1 atom stereocenters. The minimum absolute atomic E-state index is 0.171. The molecule has 4 heteroatoms. The largest absolute Gasteiger partial charge is 0.493 e. The van der Waals surface area contributed by atoms with E-state index in [1.165, 1.54) is 12.8 Å². The number of nitrogens with zero attached hydrogens (tertiary/aromatic N) is 1. The highest BCUT2D eigenvalue weighted by Gasteiger charge is 2.35. The molecule has 1 heterocycles. The van der Waals surface area contributed by atoms with E-state index >= 15 is 0 Å². The van der Waals surface area contributed by atoms with Crippen molar-refractivity contribution >= 4 is 5.69 Å². The van der Waals surface area contributed by atoms with Gasteiger partial charge in [-0.1, -0.05) is 13.0 Å². The molecular weight excluding hydrogens is 302 g/mol. The number of hydrogen-bond donors (Lipinski definition) is 1. The molecule has 1 saturated carbocycles. The van der Waals surface area contributed by atoms with Gasteiger partial charge < -0.3 is 9.47 Å². The van der Waals surface area contributed by atoms with Gasteiger partial charge in [-0.05, 0) is 50.3 Å². The van der Waals surface area contributed by atoms with E-state index < -0.39 is 0 Å². The van der Waals surface area contributed by atoms with Crippen molar-refractivity contribution in [3.05, 3.63) is 42.1 Å². The summed E-state index contributed by atoms with van der Waals surface area (Å²) in [4.78, 5) is 0. The van der Waals surface area contributed by atoms with Crippen LogP contribution in [0.4, 0.5) is 5.69 Å². The zero-order valence-corrected chi connectivity index (χ0v) is 14.7. The van der Waals surface area contributed by atoms with Crippen molar-refractivity contribution in [2.75, 3.05) is 13.7 Å². The van der Waals surface area contributed by atoms with Crippen LogP contribution in [0.15, 0.2) is 42.1 Å². The number of benzene rings is 1. The van der Waals surface area contributed by atoms with Gasteiger partial charge in [0, 0.05) is 18.6 Å². The second kappa shape index (κ2) is 7.41. The van der Waals surface area contributed by atoms with Gasteiger partial charge in [-0.25, -0.2) is 5.21 Å². The maximum absolute atomic E-state index is 11.3. The number of hydrogen-bond acceptors (Lipinski definition) is 3. The lowest BCUT2D eigenvalue weighted by atomic mass is 10.1. The topological polar surface area (TPSA) is 38.7 Å². The molecule has 4 nitrogen and oxygen atoms in total. The van der Waals surface area contributed by atoms with Crippen LogP contribution in [0.1, 0.15) is 45.4 Å². The summed E-state index contributed by atoms with van der Waals surface area (Å²) in [5, 5.41) is 11.3. The van der Waals surface area contributed by atoms with Crippen LogP contribution in [0.25, 0.3) is 0 Å². The molecule has 24 heavy (non-hydrogen) atoms. The summed E-state index contributed by atoms with van der Waals surface area (Å²) in [6, 6.07) is 5.78. The zero-order valence-electron chi connectivity index (χ0n) is 14.7. The molecule has 3 rings (SSSR count). The Balaban J connectivity index is 1.92. The minimum atomic E-state index is -0.171. The van der Waals surface area contributed by atoms with E-state index in [1.54, 1.807) is 7.11 Å². The Labute approximate surface area is 144 Å². The van der Waals surface area contributed by atoms with E-state index in [4.69, 9.17) is 9.47 Å². The van der Waals surface area contributed by atoms with E-state index in [2.05, 4.69) is 6.92 Å². The smallest absolute Gasteiger partial charge is 0.174 e. The molecule has 0 aromatic heterocycles. The van der Waals surface area contributed by atoms with Gasteiger partial charge in [-0.3, -0.25) is 0 Å². The van der Waals surface area contributed by atoms with Crippen molar-refractivity contribution < 1.29 is 14.7 Å². The summed E-state index contributed by atoms with van der Waals surface area (Å²) in [6.45, 7) is 2.67. The molecule has 0 radical (unpaired) electrons. The summed E-state index contributed by atoms with van der Waals surface area (Å²) in [6.07, 6.45) is 12.8. The van der Waals surface area contributed by atoms with Crippen molar-refractivity contribution in [2.24, 2.45) is 0 Å². The predicted molar refractivity (Wildman–Crippen MR) is 96.5 cm³/mol. The summed E-state index contributed by atoms with van der Waals surface area (Å²) in [5.74, 6) is 1.46. The molecule has 1 aromatic rings. The molecule has 130 valence electrons. The number of ether oxygens (including phenoxy) is 2. The maximum Gasteiger partial charge on any atom is 0.174 e. The van der Waals surface area contributed by atoms with Crippen molar-refractivity contribution in [3.8, 4) is 11.5 Å². The average Bonchev–Trinajstić information content (AvgIpc) is 3.10. The fourth-order valence-electron chi connectivity index (χ4n) is 3.60. The van der Waals surface area contributed by atoms with Crippen LogP contribution >= 0.6 is 0 Å². The molecule has 1 N–H and O–H groups in total. The van der Waals surface area contributed by atoms with E-state index in [1.807, 2.05) is 36.4 Å². The molecule has 1 unspecified atom stereocenters. The van der Waals surface area contributed by atoms with Gasteiger partial charge in [0.2, 0.25) is 0 Å². The third-order valence-electron chi connectivity index (χ3n) is 4.95. The zero-order chi connectivity index (χ0) is 17.0. The maximum atomic E-state index is 11.3. The Morgan fingerprint density at radius 1 is 1.21 bits per heavy atom. The van der Waals surface area contributed by atoms with Crippen molar-refractivity contribution in [1.82, 2.24) is 4.65 Å². The van der Waals surface area contributed by atoms with Gasteiger partial charge >= 0.3 is 0 Å². The van der Waals surface area contributed by atoms with Crippen LogP contribution in [0.3, 0.4) is 0 Å². The molecule has 1 fully saturated rings. The Morgan fingerprint density at radius 2 is 2.00 bits per heavy atom. The van der Waals surface area contributed by atoms with Crippen LogP contribution in [0.5, 0.6) is 11.5 Å². The van der Waals surface area contributed by atoms with Crippen molar-refractivity contribution in [3.63, 3.8) is 0 Å². The molecule has 2 aliphatic rings. The van der Waals surface area contributed by atoms with Gasteiger partial charge in [0.05, 0.1) is 13.2 Å². The monoisotopic (exact) mass is 330 g/mol. The molecule has 1 aliphatic heterocycles. The first-order valence-electron chi connectivity index (χ1n) is 8.99. The molecule has 0 saturated heterocycles. The Kier molecular flexibility index (Phi) is 5.27. The highest BCUT2D eigenvalue weighted by atomic mass is 16.5. The third-order valence-corrected chi connectivity index (χ3v) is 4.95. The number of quaternary nitrogens is 1. The first-order valence-corrected chi connectivity index (χ1v) is 8.99. The first kappa shape index (κ1) is 17.1. The predicted octanol–water partition coefficient (Wildman–Crippen LogP) is 4.97. The number of allylic oxidation sites excluding steroid dienone is 3. The highest BCUT2D eigenvalue weighted by molar-refractivity contribution is 5.56. The van der Waals surface area contributed by atoms with Gasteiger partial charge in [0.25, 0.3) is 0 Å². The Bertz CT molecular complexity index is 632. The van der Waals surface area contributed by atoms with Crippen LogP contribution in [0, 0.1) is 0 Å². The summed E-state index contributed by atoms with van der Waals surface area (Å²) >= 11 is 0. The van der Waals surface area contributed by atoms with Crippen LogP contribution in [-0.2, 0) is 0 Å². The summed E-state index contributed by atoms with van der Waals surface area (Å²) in [5.41, 5.74) is 1.84. The summed E-state index contributed by atoms with van der Waals surface area (Å²) < 4.78 is 11.5. The average molecular weight is 330 g/mol. The normalized spacial score (nSPS) is 24.0. The standard InChI is InChI=1S/C20H28NO3/c1-3-8-16-9-6-7-14-21(16,22)17-12-13-19(23-2)20(15-17)24-18-10-4-5-11-18/h6-7,9,12-13,15,18,22H,3-5,8,10-11,14H2,1-2H3/q+1. The number of rotatable bonds is 6. The van der Waals surface area contributed by atoms with Crippen molar-refractivity contribution in [1.29, 1.82) is 0 Å². The van der Waals surface area contributed by atoms with Gasteiger partial charge in [0.15, 0.2) is 17.2 Å². The van der Waals surface area contributed by atoms with Crippen LogP contribution in [0.2, 0.25) is 0 Å². The molecule has 0 amide bonds. The first-order chi connectivity index (χ1) is 11.7. The molecule has 0 spiro atoms. The molecular formula is C20H28NO3+. The lowest BCUT2D eigenvalue weighted by Gasteiger charge is -2.32. The Hall–Kier alpha value is -1.78. The SMILES string of the molecule is CCCC1=CC=CC[N+]1(O)c1ccc(OC)c(OC2CCCC2)c1.